The third-order valence-electron chi connectivity index (χ3n) is 2.52. The van der Waals surface area contributed by atoms with E-state index in [4.69, 9.17) is 5.11 Å². The number of aromatic amines is 1. The molecule has 2 aromatic rings. The quantitative estimate of drug-likeness (QED) is 0.785. The zero-order valence-corrected chi connectivity index (χ0v) is 8.61. The second-order valence-electron chi connectivity index (χ2n) is 4.03. The van der Waals surface area contributed by atoms with Crippen LogP contribution in [0.4, 0.5) is 0 Å². The van der Waals surface area contributed by atoms with E-state index >= 15 is 0 Å². The molecule has 0 radical (unpaired) electrons. The minimum Gasteiger partial charge on any atom is -0.481 e. The molecular formula is C11H12N2O2. The van der Waals surface area contributed by atoms with Crippen LogP contribution in [0.5, 0.6) is 0 Å². The van der Waals surface area contributed by atoms with Crippen molar-refractivity contribution in [2.45, 2.75) is 19.3 Å². The minimum atomic E-state index is -0.987. The van der Waals surface area contributed by atoms with Crippen LogP contribution in [0, 0.1) is 0 Å². The molecule has 15 heavy (non-hydrogen) atoms. The van der Waals surface area contributed by atoms with E-state index in [0.717, 1.165) is 11.0 Å². The van der Waals surface area contributed by atoms with Crippen LogP contribution in [0.2, 0.25) is 0 Å². The normalized spacial score (nSPS) is 11.9. The summed E-state index contributed by atoms with van der Waals surface area (Å²) in [7, 11) is 0. The molecule has 4 heteroatoms. The summed E-state index contributed by atoms with van der Waals surface area (Å²) in [5, 5.41) is 9.06. The van der Waals surface area contributed by atoms with Crippen LogP contribution in [-0.4, -0.2) is 21.0 Å². The zero-order valence-electron chi connectivity index (χ0n) is 8.61. The Balaban J connectivity index is 2.58. The van der Waals surface area contributed by atoms with E-state index in [1.165, 1.54) is 0 Å². The molecule has 1 aromatic carbocycles. The molecule has 1 heterocycles. The second-order valence-corrected chi connectivity index (χ2v) is 4.03. The number of benzene rings is 1. The minimum absolute atomic E-state index is 0.483. The van der Waals surface area contributed by atoms with Crippen LogP contribution < -0.4 is 0 Å². The van der Waals surface area contributed by atoms with Crippen molar-refractivity contribution in [2.75, 3.05) is 0 Å². The van der Waals surface area contributed by atoms with Crippen molar-refractivity contribution in [3.05, 3.63) is 30.1 Å². The van der Waals surface area contributed by atoms with Gasteiger partial charge in [0, 0.05) is 0 Å². The Morgan fingerprint density at radius 3 is 2.67 bits per heavy atom. The van der Waals surface area contributed by atoms with Gasteiger partial charge >= 0.3 is 5.97 Å². The average molecular weight is 204 g/mol. The van der Waals surface area contributed by atoms with Gasteiger partial charge in [0.1, 0.15) is 11.2 Å². The number of fused-ring (bicyclic) bond motifs is 1. The number of imidazole rings is 1. The van der Waals surface area contributed by atoms with Gasteiger partial charge in [-0.3, -0.25) is 4.79 Å². The van der Waals surface area contributed by atoms with Crippen LogP contribution in [-0.2, 0) is 10.2 Å². The lowest BCUT2D eigenvalue weighted by Crippen LogP contribution is -2.29. The van der Waals surface area contributed by atoms with Gasteiger partial charge in [-0.05, 0) is 26.0 Å². The number of aliphatic carboxylic acids is 1. The van der Waals surface area contributed by atoms with Gasteiger partial charge < -0.3 is 10.1 Å². The number of rotatable bonds is 2. The highest BCUT2D eigenvalue weighted by atomic mass is 16.4. The fourth-order valence-corrected chi connectivity index (χ4v) is 1.35. The molecule has 4 nitrogen and oxygen atoms in total. The number of carboxylic acids is 1. The molecule has 1 aromatic heterocycles. The van der Waals surface area contributed by atoms with E-state index < -0.39 is 11.4 Å². The van der Waals surface area contributed by atoms with E-state index in [-0.39, 0.29) is 0 Å². The molecule has 2 N–H and O–H groups in total. The number of hydrogen-bond acceptors (Lipinski definition) is 2. The molecule has 0 bridgehead atoms. The number of para-hydroxylation sites is 2. The molecule has 2 rings (SSSR count). The third-order valence-corrected chi connectivity index (χ3v) is 2.52. The maximum atomic E-state index is 11.0. The summed E-state index contributed by atoms with van der Waals surface area (Å²) in [5.41, 5.74) is 0.669. The number of nitrogens with one attached hydrogen (secondary N) is 1. The van der Waals surface area contributed by atoms with Crippen LogP contribution in [0.25, 0.3) is 11.0 Å². The first-order valence-electron chi connectivity index (χ1n) is 4.70. The van der Waals surface area contributed by atoms with E-state index in [1.54, 1.807) is 13.8 Å². The van der Waals surface area contributed by atoms with E-state index in [9.17, 15) is 4.79 Å². The first-order chi connectivity index (χ1) is 7.01. The van der Waals surface area contributed by atoms with Crippen LogP contribution in [0.3, 0.4) is 0 Å². The Hall–Kier alpha value is -1.84. The standard InChI is InChI=1S/C11H12N2O2/c1-11(2,10(14)15)9-12-7-5-3-4-6-8(7)13-9/h3-6H,1-2H3,(H,12,13)(H,14,15). The van der Waals surface area contributed by atoms with Gasteiger partial charge in [0.05, 0.1) is 11.0 Å². The summed E-state index contributed by atoms with van der Waals surface area (Å²) < 4.78 is 0. The molecular weight excluding hydrogens is 192 g/mol. The van der Waals surface area contributed by atoms with Crippen LogP contribution in [0.1, 0.15) is 19.7 Å². The van der Waals surface area contributed by atoms with Gasteiger partial charge in [0.25, 0.3) is 0 Å². The highest BCUT2D eigenvalue weighted by Crippen LogP contribution is 2.23. The predicted molar refractivity (Wildman–Crippen MR) is 56.8 cm³/mol. The van der Waals surface area contributed by atoms with Gasteiger partial charge in [0.2, 0.25) is 0 Å². The van der Waals surface area contributed by atoms with Crippen LogP contribution in [0.15, 0.2) is 24.3 Å². The fraction of sp³-hybridized carbons (Fsp3) is 0.273. The summed E-state index contributed by atoms with van der Waals surface area (Å²) in [4.78, 5) is 18.3. The first-order valence-corrected chi connectivity index (χ1v) is 4.70. The van der Waals surface area contributed by atoms with Gasteiger partial charge in [-0.15, -0.1) is 0 Å². The van der Waals surface area contributed by atoms with E-state index in [0.29, 0.717) is 5.82 Å². The summed E-state index contributed by atoms with van der Waals surface area (Å²) in [6, 6.07) is 7.50. The van der Waals surface area contributed by atoms with Crippen molar-refractivity contribution in [3.63, 3.8) is 0 Å². The number of aromatic nitrogens is 2. The molecule has 0 unspecified atom stereocenters. The number of nitrogens with zero attached hydrogens (tertiary/aromatic N) is 1. The largest absolute Gasteiger partial charge is 0.481 e. The Kier molecular flexibility index (Phi) is 2.00. The highest BCUT2D eigenvalue weighted by molar-refractivity contribution is 5.82. The van der Waals surface area contributed by atoms with Crippen molar-refractivity contribution in [3.8, 4) is 0 Å². The van der Waals surface area contributed by atoms with Gasteiger partial charge in [-0.25, -0.2) is 4.98 Å². The van der Waals surface area contributed by atoms with Gasteiger partial charge in [0.15, 0.2) is 0 Å². The maximum Gasteiger partial charge on any atom is 0.316 e. The molecule has 0 aliphatic carbocycles. The van der Waals surface area contributed by atoms with E-state index in [1.807, 2.05) is 24.3 Å². The Morgan fingerprint density at radius 2 is 2.07 bits per heavy atom. The van der Waals surface area contributed by atoms with Gasteiger partial charge in [-0.1, -0.05) is 12.1 Å². The topological polar surface area (TPSA) is 66.0 Å². The van der Waals surface area contributed by atoms with Crippen molar-refractivity contribution in [1.82, 2.24) is 9.97 Å². The maximum absolute atomic E-state index is 11.0. The summed E-state index contributed by atoms with van der Waals surface area (Å²) in [6.07, 6.45) is 0. The molecule has 78 valence electrons. The zero-order chi connectivity index (χ0) is 11.1. The molecule has 0 atom stereocenters. The lowest BCUT2D eigenvalue weighted by Gasteiger charge is -2.15. The second kappa shape index (κ2) is 3.08. The molecule has 0 spiro atoms. The van der Waals surface area contributed by atoms with Crippen molar-refractivity contribution < 1.29 is 9.90 Å². The summed E-state index contributed by atoms with van der Waals surface area (Å²) in [5.74, 6) is -0.405. The van der Waals surface area contributed by atoms with Gasteiger partial charge in [-0.2, -0.15) is 0 Å². The highest BCUT2D eigenvalue weighted by Gasteiger charge is 2.32. The number of H-pyrrole nitrogens is 1. The SMILES string of the molecule is CC(C)(C(=O)O)c1nc2ccccc2[nH]1. The van der Waals surface area contributed by atoms with Crippen molar-refractivity contribution in [1.29, 1.82) is 0 Å². The lowest BCUT2D eigenvalue weighted by atomic mass is 9.93. The number of carbonyl (C=O) groups is 1. The van der Waals surface area contributed by atoms with E-state index in [2.05, 4.69) is 9.97 Å². The predicted octanol–water partition coefficient (Wildman–Crippen LogP) is 1.93. The summed E-state index contributed by atoms with van der Waals surface area (Å²) in [6.45, 7) is 3.26. The Bertz CT molecular complexity index is 481. The van der Waals surface area contributed by atoms with Crippen molar-refractivity contribution >= 4 is 17.0 Å². The molecule has 0 saturated carbocycles. The smallest absolute Gasteiger partial charge is 0.316 e. The molecule has 0 amide bonds. The molecule has 0 aliphatic rings. The van der Waals surface area contributed by atoms with Crippen LogP contribution >= 0.6 is 0 Å². The Morgan fingerprint density at radius 1 is 1.40 bits per heavy atom. The average Bonchev–Trinajstić information content (AvgIpc) is 2.61. The Labute approximate surface area is 87.0 Å². The lowest BCUT2D eigenvalue weighted by molar-refractivity contribution is -0.142. The molecule has 0 aliphatic heterocycles. The third kappa shape index (κ3) is 1.48. The number of hydrogen-bond donors (Lipinski definition) is 2. The summed E-state index contributed by atoms with van der Waals surface area (Å²) >= 11 is 0. The van der Waals surface area contributed by atoms with Crippen molar-refractivity contribution in [2.24, 2.45) is 0 Å². The monoisotopic (exact) mass is 204 g/mol. The molecule has 0 fully saturated rings. The number of carboxylic acid groups (broad SMARTS) is 1. The fourth-order valence-electron chi connectivity index (χ4n) is 1.35. The first kappa shape index (κ1) is 9.71. The molecule has 0 saturated heterocycles.